The highest BCUT2D eigenvalue weighted by molar-refractivity contribution is 7.18. The van der Waals surface area contributed by atoms with Crippen molar-refractivity contribution in [3.63, 3.8) is 0 Å². The van der Waals surface area contributed by atoms with Crippen LogP contribution in [0.25, 0.3) is 10.2 Å². The van der Waals surface area contributed by atoms with Gasteiger partial charge in [-0.15, -0.1) is 11.3 Å². The van der Waals surface area contributed by atoms with Gasteiger partial charge in [-0.25, -0.2) is 4.98 Å². The maximum Gasteiger partial charge on any atom is 0.259 e. The van der Waals surface area contributed by atoms with Gasteiger partial charge in [0.25, 0.3) is 5.56 Å². The van der Waals surface area contributed by atoms with Gasteiger partial charge < -0.3 is 10.3 Å². The maximum absolute atomic E-state index is 12.4. The van der Waals surface area contributed by atoms with E-state index in [1.807, 2.05) is 20.8 Å². The van der Waals surface area contributed by atoms with E-state index < -0.39 is 0 Å². The summed E-state index contributed by atoms with van der Waals surface area (Å²) in [6.45, 7) is 10.5. The monoisotopic (exact) mass is 355 g/mol. The molecular formula is C20H25N3OS. The van der Waals surface area contributed by atoms with Crippen molar-refractivity contribution in [3.05, 3.63) is 56.4 Å². The van der Waals surface area contributed by atoms with E-state index in [9.17, 15) is 4.79 Å². The zero-order valence-corrected chi connectivity index (χ0v) is 16.3. The van der Waals surface area contributed by atoms with Crippen molar-refractivity contribution in [3.8, 4) is 0 Å². The molecule has 4 nitrogen and oxygen atoms in total. The Morgan fingerprint density at radius 3 is 2.52 bits per heavy atom. The summed E-state index contributed by atoms with van der Waals surface area (Å²) in [4.78, 5) is 22.0. The summed E-state index contributed by atoms with van der Waals surface area (Å²) in [5, 5.41) is 4.15. The third kappa shape index (κ3) is 3.47. The Labute approximate surface area is 152 Å². The van der Waals surface area contributed by atoms with Crippen LogP contribution in [0.1, 0.15) is 61.0 Å². The minimum absolute atomic E-state index is 0.0531. The quantitative estimate of drug-likeness (QED) is 0.654. The Hall–Kier alpha value is -2.14. The molecule has 132 valence electrons. The second-order valence-corrected chi connectivity index (χ2v) is 7.92. The van der Waals surface area contributed by atoms with Crippen LogP contribution in [0.3, 0.4) is 0 Å². The van der Waals surface area contributed by atoms with Crippen LogP contribution in [0.2, 0.25) is 0 Å². The van der Waals surface area contributed by atoms with Crippen molar-refractivity contribution in [2.24, 2.45) is 0 Å². The van der Waals surface area contributed by atoms with Crippen LogP contribution < -0.4 is 10.9 Å². The fraction of sp³-hybridized carbons (Fsp3) is 0.400. The van der Waals surface area contributed by atoms with E-state index in [-0.39, 0.29) is 11.6 Å². The minimum Gasteiger partial charge on any atom is -0.375 e. The molecule has 3 aromatic rings. The van der Waals surface area contributed by atoms with Crippen LogP contribution in [-0.4, -0.2) is 9.97 Å². The van der Waals surface area contributed by atoms with Gasteiger partial charge in [0.2, 0.25) is 0 Å². The number of fused-ring (bicyclic) bond motifs is 1. The van der Waals surface area contributed by atoms with Crippen LogP contribution in [0.5, 0.6) is 0 Å². The number of thiophene rings is 1. The number of aryl methyl sites for hydroxylation is 2. The highest BCUT2D eigenvalue weighted by Crippen LogP contribution is 2.27. The predicted octanol–water partition coefficient (Wildman–Crippen LogP) is 5.29. The van der Waals surface area contributed by atoms with E-state index in [1.165, 1.54) is 5.56 Å². The van der Waals surface area contributed by atoms with Crippen LogP contribution in [-0.2, 0) is 0 Å². The summed E-state index contributed by atoms with van der Waals surface area (Å²) in [6.07, 6.45) is 1.13. The zero-order valence-electron chi connectivity index (χ0n) is 15.4. The Bertz CT molecular complexity index is 940. The van der Waals surface area contributed by atoms with Gasteiger partial charge in [-0.1, -0.05) is 26.0 Å². The maximum atomic E-state index is 12.4. The van der Waals surface area contributed by atoms with Gasteiger partial charge in [0.1, 0.15) is 10.7 Å². The van der Waals surface area contributed by atoms with Gasteiger partial charge in [-0.3, -0.25) is 4.79 Å². The molecule has 0 aliphatic heterocycles. The van der Waals surface area contributed by atoms with Crippen LogP contribution in [0, 0.1) is 13.8 Å². The number of hydrogen-bond acceptors (Lipinski definition) is 4. The molecule has 3 rings (SSSR count). The molecule has 2 heterocycles. The summed E-state index contributed by atoms with van der Waals surface area (Å²) in [7, 11) is 0. The second-order valence-electron chi connectivity index (χ2n) is 6.71. The van der Waals surface area contributed by atoms with Crippen molar-refractivity contribution in [1.29, 1.82) is 0 Å². The van der Waals surface area contributed by atoms with Crippen molar-refractivity contribution < 1.29 is 0 Å². The molecule has 0 aliphatic carbocycles. The molecule has 0 bridgehead atoms. The third-order valence-corrected chi connectivity index (χ3v) is 6.04. The molecule has 2 N–H and O–H groups in total. The zero-order chi connectivity index (χ0) is 18.1. The summed E-state index contributed by atoms with van der Waals surface area (Å²) in [6, 6.07) is 8.43. The average Bonchev–Trinajstić information content (AvgIpc) is 2.89. The molecule has 0 spiro atoms. The van der Waals surface area contributed by atoms with Crippen molar-refractivity contribution in [1.82, 2.24) is 9.97 Å². The molecule has 1 aromatic carbocycles. The van der Waals surface area contributed by atoms with E-state index in [4.69, 9.17) is 0 Å². The topological polar surface area (TPSA) is 57.8 Å². The van der Waals surface area contributed by atoms with Gasteiger partial charge in [0.15, 0.2) is 0 Å². The molecule has 2 atom stereocenters. The van der Waals surface area contributed by atoms with Crippen LogP contribution in [0.4, 0.5) is 5.69 Å². The van der Waals surface area contributed by atoms with E-state index >= 15 is 0 Å². The van der Waals surface area contributed by atoms with Gasteiger partial charge in [0.05, 0.1) is 11.4 Å². The molecule has 0 unspecified atom stereocenters. The van der Waals surface area contributed by atoms with Gasteiger partial charge >= 0.3 is 0 Å². The Morgan fingerprint density at radius 1 is 1.20 bits per heavy atom. The molecule has 25 heavy (non-hydrogen) atoms. The van der Waals surface area contributed by atoms with Gasteiger partial charge in [0, 0.05) is 10.6 Å². The minimum atomic E-state index is -0.0748. The Balaban J connectivity index is 1.85. The molecule has 0 amide bonds. The Morgan fingerprint density at radius 2 is 1.88 bits per heavy atom. The summed E-state index contributed by atoms with van der Waals surface area (Å²) in [5.41, 5.74) is 3.35. The number of nitrogens with zero attached hydrogens (tertiary/aromatic N) is 1. The number of benzene rings is 1. The molecule has 0 fully saturated rings. The molecule has 0 saturated heterocycles. The summed E-state index contributed by atoms with van der Waals surface area (Å²) < 4.78 is 0. The number of aromatic nitrogens is 2. The number of aromatic amines is 1. The fourth-order valence-electron chi connectivity index (χ4n) is 2.94. The number of H-pyrrole nitrogens is 1. The van der Waals surface area contributed by atoms with E-state index in [0.29, 0.717) is 11.7 Å². The number of anilines is 1. The molecule has 0 aliphatic rings. The number of rotatable bonds is 5. The highest BCUT2D eigenvalue weighted by Gasteiger charge is 2.15. The van der Waals surface area contributed by atoms with Crippen molar-refractivity contribution in [2.75, 3.05) is 5.32 Å². The summed E-state index contributed by atoms with van der Waals surface area (Å²) >= 11 is 1.58. The number of hydrogen-bond donors (Lipinski definition) is 2. The lowest BCUT2D eigenvalue weighted by Gasteiger charge is -2.16. The first-order chi connectivity index (χ1) is 11.9. The largest absolute Gasteiger partial charge is 0.375 e. The Kier molecular flexibility index (Phi) is 4.95. The lowest BCUT2D eigenvalue weighted by molar-refractivity contribution is 0.733. The second kappa shape index (κ2) is 7.00. The molecule has 0 saturated carbocycles. The third-order valence-electron chi connectivity index (χ3n) is 4.94. The fourth-order valence-corrected chi connectivity index (χ4v) is 3.98. The standard InChI is InChI=1S/C20H25N3OS/c1-6-11(2)15-7-9-16(10-8-15)21-13(4)18-22-19(24)17-12(3)14(5)25-20(17)23-18/h7-11,13,21H,6H2,1-5H3,(H,22,23,24)/t11-,13+/m0/s1. The lowest BCUT2D eigenvalue weighted by atomic mass is 9.98. The van der Waals surface area contributed by atoms with E-state index in [0.717, 1.165) is 32.8 Å². The highest BCUT2D eigenvalue weighted by atomic mass is 32.1. The first-order valence-corrected chi connectivity index (χ1v) is 9.58. The van der Waals surface area contributed by atoms with Crippen LogP contribution >= 0.6 is 11.3 Å². The van der Waals surface area contributed by atoms with Crippen molar-refractivity contribution in [2.45, 2.75) is 53.0 Å². The SMILES string of the molecule is CC[C@H](C)c1ccc(N[C@H](C)c2nc3sc(C)c(C)c3c(=O)[nH]2)cc1. The van der Waals surface area contributed by atoms with Gasteiger partial charge in [-0.2, -0.15) is 0 Å². The van der Waals surface area contributed by atoms with Crippen LogP contribution in [0.15, 0.2) is 29.1 Å². The molecule has 0 radical (unpaired) electrons. The first-order valence-electron chi connectivity index (χ1n) is 8.77. The normalized spacial score (nSPS) is 13.8. The van der Waals surface area contributed by atoms with E-state index in [1.54, 1.807) is 11.3 Å². The summed E-state index contributed by atoms with van der Waals surface area (Å²) in [5.74, 6) is 1.24. The molecule has 2 aromatic heterocycles. The predicted molar refractivity (Wildman–Crippen MR) is 107 cm³/mol. The number of nitrogens with one attached hydrogen (secondary N) is 2. The smallest absolute Gasteiger partial charge is 0.259 e. The van der Waals surface area contributed by atoms with Crippen molar-refractivity contribution >= 4 is 27.2 Å². The molecular weight excluding hydrogens is 330 g/mol. The first kappa shape index (κ1) is 17.7. The van der Waals surface area contributed by atoms with Gasteiger partial charge in [-0.05, 0) is 56.4 Å². The lowest BCUT2D eigenvalue weighted by Crippen LogP contribution is -2.17. The van der Waals surface area contributed by atoms with E-state index in [2.05, 4.69) is 53.4 Å². The molecule has 5 heteroatoms. The average molecular weight is 356 g/mol.